The number of rotatable bonds is 15. The number of esters is 1. The van der Waals surface area contributed by atoms with Gasteiger partial charge in [0.05, 0.1) is 31.4 Å². The molecule has 45 heavy (non-hydrogen) atoms. The standard InChI is InChI=1S/C25H29N2O15P3/c28-21-14-23(27-12-11-20(26-25(27)30)13-24(29)37-15-18-7-3-1-4-8-18)40-22(21)17-39-44(33,34)42-45(35,36)41-43(31,32)38-16-19-9-5-2-6-10-19/h1-12,21-23,28H,13-17H2,(H,31,32)(H,33,34)(H,35,36)/p-3/t21-,22-,23-/m1/s1. The molecule has 1 aromatic heterocycles. The molecule has 3 unspecified atom stereocenters. The minimum absolute atomic E-state index is 0.0390. The minimum Gasteiger partial charge on any atom is -0.756 e. The summed E-state index contributed by atoms with van der Waals surface area (Å²) in [7, 11) is -17.4. The van der Waals surface area contributed by atoms with Crippen molar-refractivity contribution in [3.05, 3.63) is 100 Å². The van der Waals surface area contributed by atoms with E-state index in [1.165, 1.54) is 24.4 Å². The Hall–Kier alpha value is -2.88. The molecule has 6 atom stereocenters. The maximum atomic E-state index is 12.6. The van der Waals surface area contributed by atoms with Crippen LogP contribution in [0.1, 0.15) is 29.5 Å². The molecule has 0 radical (unpaired) electrons. The number of hydrogen-bond donors (Lipinski definition) is 1. The molecule has 0 amide bonds. The van der Waals surface area contributed by atoms with Gasteiger partial charge in [0.2, 0.25) is 0 Å². The van der Waals surface area contributed by atoms with Gasteiger partial charge in [0.25, 0.3) is 23.5 Å². The molecule has 0 saturated carbocycles. The first-order valence-corrected chi connectivity index (χ1v) is 17.4. The quantitative estimate of drug-likeness (QED) is 0.172. The van der Waals surface area contributed by atoms with Crippen molar-refractivity contribution in [2.75, 3.05) is 6.61 Å². The fourth-order valence-electron chi connectivity index (χ4n) is 3.94. The van der Waals surface area contributed by atoms with Gasteiger partial charge >= 0.3 is 11.7 Å². The van der Waals surface area contributed by atoms with E-state index in [9.17, 15) is 43.1 Å². The van der Waals surface area contributed by atoms with E-state index in [1.807, 2.05) is 6.07 Å². The Bertz CT molecular complexity index is 1660. The summed E-state index contributed by atoms with van der Waals surface area (Å²) in [6, 6.07) is 18.0. The van der Waals surface area contributed by atoms with Crippen molar-refractivity contribution in [3.63, 3.8) is 0 Å². The molecule has 3 aromatic rings. The summed E-state index contributed by atoms with van der Waals surface area (Å²) in [5.41, 5.74) is 0.381. The van der Waals surface area contributed by atoms with Gasteiger partial charge in [-0.25, -0.2) is 13.4 Å². The lowest BCUT2D eigenvalue weighted by molar-refractivity contribution is -0.252. The predicted molar refractivity (Wildman–Crippen MR) is 145 cm³/mol. The third-order valence-electron chi connectivity index (χ3n) is 6.00. The molecule has 0 bridgehead atoms. The molecule has 0 aliphatic carbocycles. The predicted octanol–water partition coefficient (Wildman–Crippen LogP) is 0.849. The number of ether oxygens (including phenoxy) is 2. The summed E-state index contributed by atoms with van der Waals surface area (Å²) in [4.78, 5) is 64.4. The molecule has 20 heteroatoms. The van der Waals surface area contributed by atoms with Gasteiger partial charge in [-0.3, -0.25) is 23.1 Å². The summed E-state index contributed by atoms with van der Waals surface area (Å²) in [6.45, 7) is -1.54. The lowest BCUT2D eigenvalue weighted by Crippen LogP contribution is -2.29. The summed E-state index contributed by atoms with van der Waals surface area (Å²) in [6.07, 6.45) is -3.18. The van der Waals surface area contributed by atoms with E-state index in [1.54, 1.807) is 42.5 Å². The van der Waals surface area contributed by atoms with Crippen LogP contribution in [-0.2, 0) is 65.3 Å². The third kappa shape index (κ3) is 11.2. The summed E-state index contributed by atoms with van der Waals surface area (Å²) < 4.78 is 63.9. The summed E-state index contributed by atoms with van der Waals surface area (Å²) in [5, 5.41) is 10.3. The van der Waals surface area contributed by atoms with Crippen molar-refractivity contribution in [1.82, 2.24) is 9.55 Å². The first-order valence-electron chi connectivity index (χ1n) is 13.0. The van der Waals surface area contributed by atoms with E-state index in [0.29, 0.717) is 5.56 Å². The highest BCUT2D eigenvalue weighted by Crippen LogP contribution is 2.63. The van der Waals surface area contributed by atoms with Crippen LogP contribution in [0.3, 0.4) is 0 Å². The first-order chi connectivity index (χ1) is 21.2. The number of hydrogen-bond acceptors (Lipinski definition) is 16. The van der Waals surface area contributed by atoms with Crippen LogP contribution in [0, 0.1) is 0 Å². The van der Waals surface area contributed by atoms with Crippen LogP contribution in [0.2, 0.25) is 0 Å². The summed E-state index contributed by atoms with van der Waals surface area (Å²) >= 11 is 0. The number of carbonyl (C=O) groups excluding carboxylic acids is 1. The molecular weight excluding hydrogens is 661 g/mol. The number of carbonyl (C=O) groups is 1. The Morgan fingerprint density at radius 3 is 2.07 bits per heavy atom. The minimum atomic E-state index is -6.08. The zero-order chi connectivity index (χ0) is 32.7. The van der Waals surface area contributed by atoms with Crippen LogP contribution in [0.5, 0.6) is 0 Å². The van der Waals surface area contributed by atoms with Crippen LogP contribution in [0.15, 0.2) is 77.7 Å². The van der Waals surface area contributed by atoms with E-state index < -0.39 is 66.8 Å². The van der Waals surface area contributed by atoms with E-state index in [-0.39, 0.29) is 25.1 Å². The third-order valence-corrected chi connectivity index (χ3v) is 10.1. The van der Waals surface area contributed by atoms with Crippen molar-refractivity contribution in [1.29, 1.82) is 0 Å². The molecule has 1 saturated heterocycles. The lowest BCUT2D eigenvalue weighted by Gasteiger charge is -2.34. The van der Waals surface area contributed by atoms with Gasteiger partial charge in [0.1, 0.15) is 18.9 Å². The van der Waals surface area contributed by atoms with Crippen LogP contribution in [-0.4, -0.2) is 39.4 Å². The zero-order valence-corrected chi connectivity index (χ0v) is 25.8. The number of benzene rings is 2. The molecule has 17 nitrogen and oxygen atoms in total. The maximum absolute atomic E-state index is 12.6. The Balaban J connectivity index is 1.26. The second kappa shape index (κ2) is 15.1. The molecule has 0 spiro atoms. The van der Waals surface area contributed by atoms with Crippen LogP contribution in [0.25, 0.3) is 0 Å². The van der Waals surface area contributed by atoms with Crippen LogP contribution in [0.4, 0.5) is 0 Å². The van der Waals surface area contributed by atoms with Crippen LogP contribution >= 0.6 is 23.5 Å². The number of phosphoric ester groups is 2. The Morgan fingerprint density at radius 2 is 1.47 bits per heavy atom. The second-order valence-electron chi connectivity index (χ2n) is 9.42. The Labute approximate surface area is 255 Å². The van der Waals surface area contributed by atoms with E-state index in [0.717, 1.165) is 10.1 Å². The fraction of sp³-hybridized carbons (Fsp3) is 0.320. The van der Waals surface area contributed by atoms with Crippen molar-refractivity contribution in [3.8, 4) is 0 Å². The lowest BCUT2D eigenvalue weighted by atomic mass is 10.2. The molecule has 2 heterocycles. The summed E-state index contributed by atoms with van der Waals surface area (Å²) in [5.74, 6) is -0.622. The van der Waals surface area contributed by atoms with E-state index >= 15 is 0 Å². The Morgan fingerprint density at radius 1 is 0.889 bits per heavy atom. The van der Waals surface area contributed by atoms with Gasteiger partial charge in [0.15, 0.2) is 0 Å². The van der Waals surface area contributed by atoms with Crippen molar-refractivity contribution < 1.29 is 65.4 Å². The smallest absolute Gasteiger partial charge is 0.349 e. The fourth-order valence-corrected chi connectivity index (χ4v) is 7.30. The first kappa shape index (κ1) is 35.0. The topological polar surface area (TPSA) is 248 Å². The average Bonchev–Trinajstić information content (AvgIpc) is 3.34. The molecule has 2 aromatic carbocycles. The van der Waals surface area contributed by atoms with Gasteiger partial charge in [0, 0.05) is 12.6 Å². The number of aliphatic hydroxyl groups is 1. The van der Waals surface area contributed by atoms with Gasteiger partial charge in [-0.2, -0.15) is 4.98 Å². The highest BCUT2D eigenvalue weighted by molar-refractivity contribution is 7.65. The largest absolute Gasteiger partial charge is 0.756 e. The molecular formula is C25H26N2O15P3-3. The highest BCUT2D eigenvalue weighted by Gasteiger charge is 2.37. The number of nitrogens with zero attached hydrogens (tertiary/aromatic N) is 2. The highest BCUT2D eigenvalue weighted by atomic mass is 31.3. The van der Waals surface area contributed by atoms with E-state index in [2.05, 4.69) is 22.7 Å². The molecule has 1 aliphatic rings. The van der Waals surface area contributed by atoms with Gasteiger partial charge in [-0.05, 0) is 17.2 Å². The molecule has 1 N–H and O–H groups in total. The van der Waals surface area contributed by atoms with Crippen LogP contribution < -0.4 is 20.4 Å². The zero-order valence-electron chi connectivity index (χ0n) is 23.1. The number of aliphatic hydroxyl groups excluding tert-OH is 1. The molecule has 4 rings (SSSR count). The van der Waals surface area contributed by atoms with Gasteiger partial charge in [-0.15, -0.1) is 0 Å². The average molecular weight is 687 g/mol. The molecule has 244 valence electrons. The molecule has 1 fully saturated rings. The molecule has 1 aliphatic heterocycles. The Kier molecular flexibility index (Phi) is 11.8. The van der Waals surface area contributed by atoms with Gasteiger partial charge in [-0.1, -0.05) is 60.7 Å². The SMILES string of the molecule is O=C(Cc1ccn([C@H]2C[C@@H](O)[C@@H](COP(=O)([O-])OP(=O)([O-])OP(=O)([O-])OCc3ccccc3)O2)c(=O)n1)OCc1ccccc1. The number of phosphoric acid groups is 3. The monoisotopic (exact) mass is 687 g/mol. The van der Waals surface area contributed by atoms with Crippen molar-refractivity contribution >= 4 is 29.4 Å². The number of aromatic nitrogens is 2. The van der Waals surface area contributed by atoms with Gasteiger partial charge < -0.3 is 38.3 Å². The maximum Gasteiger partial charge on any atom is 0.349 e. The second-order valence-corrected chi connectivity index (χ2v) is 13.9. The van der Waals surface area contributed by atoms with Crippen molar-refractivity contribution in [2.24, 2.45) is 0 Å². The van der Waals surface area contributed by atoms with Crippen molar-refractivity contribution in [2.45, 2.75) is 44.5 Å². The normalized spacial score (nSPS) is 22.2. The van der Waals surface area contributed by atoms with E-state index in [4.69, 9.17) is 9.47 Å².